The molecule has 3 aromatic rings. The van der Waals surface area contributed by atoms with E-state index in [-0.39, 0.29) is 11.8 Å². The third-order valence-electron chi connectivity index (χ3n) is 6.76. The number of rotatable bonds is 3. The van der Waals surface area contributed by atoms with E-state index in [0.717, 1.165) is 55.6 Å². The molecular weight excluding hydrogens is 386 g/mol. The fourth-order valence-electron chi connectivity index (χ4n) is 5.16. The summed E-state index contributed by atoms with van der Waals surface area (Å²) in [6.07, 6.45) is 7.08. The van der Waals surface area contributed by atoms with E-state index in [1.165, 1.54) is 22.5 Å². The average Bonchev–Trinajstić information content (AvgIpc) is 3.26. The number of H-pyrrole nitrogens is 1. The number of hydrogen-bond acceptors (Lipinski definition) is 2. The van der Waals surface area contributed by atoms with Gasteiger partial charge in [-0.15, -0.1) is 0 Å². The summed E-state index contributed by atoms with van der Waals surface area (Å²) in [6.45, 7) is 5.79. The minimum Gasteiger partial charge on any atom is -0.361 e. The maximum atomic E-state index is 13.4. The van der Waals surface area contributed by atoms with E-state index >= 15 is 0 Å². The van der Waals surface area contributed by atoms with Gasteiger partial charge in [-0.2, -0.15) is 0 Å². The summed E-state index contributed by atoms with van der Waals surface area (Å²) in [6, 6.07) is 14.2. The normalized spacial score (nSPS) is 16.9. The number of amides is 2. The lowest BCUT2D eigenvalue weighted by atomic mass is 9.88. The van der Waals surface area contributed by atoms with Crippen LogP contribution in [0.5, 0.6) is 0 Å². The first-order valence-electron chi connectivity index (χ1n) is 11.1. The van der Waals surface area contributed by atoms with Gasteiger partial charge in [0.25, 0.3) is 5.91 Å². The first-order valence-corrected chi connectivity index (χ1v) is 11.1. The van der Waals surface area contributed by atoms with Crippen molar-refractivity contribution >= 4 is 28.4 Å². The highest BCUT2D eigenvalue weighted by atomic mass is 16.2. The predicted octanol–water partition coefficient (Wildman–Crippen LogP) is 4.65. The van der Waals surface area contributed by atoms with Crippen molar-refractivity contribution in [1.82, 2.24) is 9.88 Å². The zero-order valence-electron chi connectivity index (χ0n) is 17.6. The molecule has 0 bridgehead atoms. The molecule has 1 fully saturated rings. The first kappa shape index (κ1) is 19.6. The summed E-state index contributed by atoms with van der Waals surface area (Å²) in [5.41, 5.74) is 5.12. The molecule has 5 heteroatoms. The van der Waals surface area contributed by atoms with Gasteiger partial charge in [0.2, 0.25) is 5.91 Å². The lowest BCUT2D eigenvalue weighted by molar-refractivity contribution is -0.114. The van der Waals surface area contributed by atoms with Crippen LogP contribution >= 0.6 is 0 Å². The quantitative estimate of drug-likeness (QED) is 0.636. The van der Waals surface area contributed by atoms with E-state index in [1.54, 1.807) is 4.90 Å². The van der Waals surface area contributed by atoms with Crippen molar-refractivity contribution in [2.75, 3.05) is 24.5 Å². The SMILES string of the molecule is C=CC(=O)N1CCCc2c(C(=O)N3CCC(c4c[nH]c5ccccc45)CC3)cccc21. The fourth-order valence-corrected chi connectivity index (χ4v) is 5.16. The molecule has 2 aliphatic heterocycles. The lowest BCUT2D eigenvalue weighted by Gasteiger charge is -2.34. The van der Waals surface area contributed by atoms with Gasteiger partial charge in [0.15, 0.2) is 0 Å². The molecule has 0 saturated carbocycles. The van der Waals surface area contributed by atoms with E-state index < -0.39 is 0 Å². The Kier molecular flexibility index (Phi) is 5.10. The summed E-state index contributed by atoms with van der Waals surface area (Å²) in [5.74, 6) is 0.442. The maximum Gasteiger partial charge on any atom is 0.254 e. The van der Waals surface area contributed by atoms with E-state index in [2.05, 4.69) is 36.0 Å². The number of likely N-dealkylation sites (tertiary alicyclic amines) is 1. The van der Waals surface area contributed by atoms with Gasteiger partial charge in [0, 0.05) is 48.0 Å². The Morgan fingerprint density at radius 1 is 1.03 bits per heavy atom. The Balaban J connectivity index is 1.34. The van der Waals surface area contributed by atoms with Crippen molar-refractivity contribution in [3.63, 3.8) is 0 Å². The Morgan fingerprint density at radius 3 is 2.65 bits per heavy atom. The van der Waals surface area contributed by atoms with Gasteiger partial charge < -0.3 is 14.8 Å². The third-order valence-corrected chi connectivity index (χ3v) is 6.76. The highest BCUT2D eigenvalue weighted by molar-refractivity contribution is 6.04. The second kappa shape index (κ2) is 8.06. The number of nitrogens with one attached hydrogen (secondary N) is 1. The lowest BCUT2D eigenvalue weighted by Crippen LogP contribution is -2.39. The Labute approximate surface area is 182 Å². The highest BCUT2D eigenvalue weighted by Crippen LogP contribution is 2.35. The van der Waals surface area contributed by atoms with Crippen LogP contribution < -0.4 is 4.90 Å². The Hall–Kier alpha value is -3.34. The molecule has 1 aromatic heterocycles. The van der Waals surface area contributed by atoms with Crippen LogP contribution in [0.4, 0.5) is 5.69 Å². The fraction of sp³-hybridized carbons (Fsp3) is 0.308. The number of aromatic nitrogens is 1. The number of carbonyl (C=O) groups excluding carboxylic acids is 2. The number of anilines is 1. The maximum absolute atomic E-state index is 13.4. The van der Waals surface area contributed by atoms with E-state index in [4.69, 9.17) is 0 Å². The monoisotopic (exact) mass is 413 g/mol. The molecule has 1 saturated heterocycles. The van der Waals surface area contributed by atoms with Crippen LogP contribution in [0.3, 0.4) is 0 Å². The molecule has 5 nitrogen and oxygen atoms in total. The molecule has 0 radical (unpaired) electrons. The number of hydrogen-bond donors (Lipinski definition) is 1. The number of para-hydroxylation sites is 1. The van der Waals surface area contributed by atoms with Gasteiger partial charge in [-0.25, -0.2) is 0 Å². The average molecular weight is 414 g/mol. The smallest absolute Gasteiger partial charge is 0.254 e. The van der Waals surface area contributed by atoms with E-state index in [9.17, 15) is 9.59 Å². The van der Waals surface area contributed by atoms with Gasteiger partial charge in [-0.1, -0.05) is 30.8 Å². The van der Waals surface area contributed by atoms with E-state index in [1.807, 2.05) is 29.2 Å². The van der Waals surface area contributed by atoms with Crippen LogP contribution in [0.2, 0.25) is 0 Å². The zero-order chi connectivity index (χ0) is 21.4. The van der Waals surface area contributed by atoms with Crippen molar-refractivity contribution in [3.8, 4) is 0 Å². The highest BCUT2D eigenvalue weighted by Gasteiger charge is 2.30. The van der Waals surface area contributed by atoms with Crippen LogP contribution in [0.1, 0.15) is 46.7 Å². The Bertz CT molecular complexity index is 1150. The second-order valence-electron chi connectivity index (χ2n) is 8.46. The minimum atomic E-state index is -0.106. The van der Waals surface area contributed by atoms with Crippen LogP contribution in [-0.2, 0) is 11.2 Å². The summed E-state index contributed by atoms with van der Waals surface area (Å²) in [5, 5.41) is 1.29. The van der Waals surface area contributed by atoms with Crippen LogP contribution in [0.25, 0.3) is 10.9 Å². The molecule has 2 aromatic carbocycles. The van der Waals surface area contributed by atoms with Gasteiger partial charge in [0.1, 0.15) is 0 Å². The molecule has 0 aliphatic carbocycles. The minimum absolute atomic E-state index is 0.0853. The number of carbonyl (C=O) groups is 2. The molecule has 158 valence electrons. The van der Waals surface area contributed by atoms with Crippen molar-refractivity contribution in [2.45, 2.75) is 31.6 Å². The molecule has 31 heavy (non-hydrogen) atoms. The summed E-state index contributed by atoms with van der Waals surface area (Å²) < 4.78 is 0. The number of aromatic amines is 1. The van der Waals surface area contributed by atoms with E-state index in [0.29, 0.717) is 12.5 Å². The van der Waals surface area contributed by atoms with Crippen LogP contribution in [0.15, 0.2) is 61.3 Å². The number of piperidine rings is 1. The zero-order valence-corrected chi connectivity index (χ0v) is 17.6. The van der Waals surface area contributed by atoms with Crippen molar-refractivity contribution in [1.29, 1.82) is 0 Å². The molecule has 2 amide bonds. The van der Waals surface area contributed by atoms with Crippen molar-refractivity contribution < 1.29 is 9.59 Å². The molecule has 2 aliphatic rings. The number of fused-ring (bicyclic) bond motifs is 2. The second-order valence-corrected chi connectivity index (χ2v) is 8.46. The number of nitrogens with zero attached hydrogens (tertiary/aromatic N) is 2. The molecule has 0 spiro atoms. The largest absolute Gasteiger partial charge is 0.361 e. The van der Waals surface area contributed by atoms with Crippen molar-refractivity contribution in [2.24, 2.45) is 0 Å². The van der Waals surface area contributed by atoms with Gasteiger partial charge >= 0.3 is 0 Å². The molecule has 0 atom stereocenters. The molecule has 1 N–H and O–H groups in total. The van der Waals surface area contributed by atoms with Crippen molar-refractivity contribution in [3.05, 3.63) is 78.0 Å². The first-order chi connectivity index (χ1) is 15.2. The summed E-state index contributed by atoms with van der Waals surface area (Å²) >= 11 is 0. The molecular formula is C26H27N3O2. The van der Waals surface area contributed by atoms with Crippen LogP contribution in [0, 0.1) is 0 Å². The molecule has 0 unspecified atom stereocenters. The molecule has 3 heterocycles. The van der Waals surface area contributed by atoms with Gasteiger partial charge in [-0.05, 0) is 67.0 Å². The summed E-state index contributed by atoms with van der Waals surface area (Å²) in [4.78, 5) is 32.8. The Morgan fingerprint density at radius 2 is 1.84 bits per heavy atom. The standard InChI is InChI=1S/C26H27N3O2/c1-2-25(30)29-14-6-9-20-21(8-5-11-24(20)29)26(31)28-15-12-18(13-16-28)22-17-27-23-10-4-3-7-19(22)23/h2-5,7-8,10-11,17-18,27H,1,6,9,12-16H2. The summed E-state index contributed by atoms with van der Waals surface area (Å²) in [7, 11) is 0. The van der Waals surface area contributed by atoms with Gasteiger partial charge in [-0.3, -0.25) is 9.59 Å². The predicted molar refractivity (Wildman–Crippen MR) is 123 cm³/mol. The topological polar surface area (TPSA) is 56.4 Å². The number of benzene rings is 2. The van der Waals surface area contributed by atoms with Crippen LogP contribution in [-0.4, -0.2) is 41.3 Å². The third kappa shape index (κ3) is 3.44. The van der Waals surface area contributed by atoms with Gasteiger partial charge in [0.05, 0.1) is 0 Å². The molecule has 5 rings (SSSR count).